The van der Waals surface area contributed by atoms with Gasteiger partial charge in [0.1, 0.15) is 0 Å². The zero-order valence-corrected chi connectivity index (χ0v) is 19.9. The number of hydrogen-bond donors (Lipinski definition) is 0. The first-order valence-corrected chi connectivity index (χ1v) is 12.1. The average Bonchev–Trinajstić information content (AvgIpc) is 3.14. The normalized spacial score (nSPS) is 17.3. The summed E-state index contributed by atoms with van der Waals surface area (Å²) in [6.07, 6.45) is 0.849. The van der Waals surface area contributed by atoms with Crippen molar-refractivity contribution in [2.75, 3.05) is 77.0 Å². The highest BCUT2D eigenvalue weighted by molar-refractivity contribution is 5.84. The lowest BCUT2D eigenvalue weighted by atomic mass is 10.1. The molecular formula is C25H34N6O3. The van der Waals surface area contributed by atoms with E-state index in [1.54, 1.807) is 4.90 Å². The Kier molecular flexibility index (Phi) is 8.43. The topological polar surface area (TPSA) is 82.1 Å². The molecule has 9 nitrogen and oxygen atoms in total. The summed E-state index contributed by atoms with van der Waals surface area (Å²) in [5.41, 5.74) is 1.88. The molecular weight excluding hydrogens is 432 g/mol. The van der Waals surface area contributed by atoms with Gasteiger partial charge in [-0.2, -0.15) is 0 Å². The van der Waals surface area contributed by atoms with Gasteiger partial charge in [0, 0.05) is 64.8 Å². The van der Waals surface area contributed by atoms with Crippen LogP contribution in [0.25, 0.3) is 11.3 Å². The molecule has 0 N–H and O–H groups in total. The molecule has 2 aliphatic rings. The summed E-state index contributed by atoms with van der Waals surface area (Å²) < 4.78 is 5.38. The van der Waals surface area contributed by atoms with Gasteiger partial charge in [0.05, 0.1) is 25.5 Å². The molecule has 0 aliphatic carbocycles. The molecule has 2 amide bonds. The molecule has 0 unspecified atom stereocenters. The van der Waals surface area contributed by atoms with Crippen molar-refractivity contribution in [1.82, 2.24) is 24.9 Å². The maximum absolute atomic E-state index is 13.0. The maximum atomic E-state index is 13.0. The Labute approximate surface area is 201 Å². The predicted molar refractivity (Wildman–Crippen MR) is 130 cm³/mol. The van der Waals surface area contributed by atoms with Crippen molar-refractivity contribution in [2.45, 2.75) is 13.3 Å². The fraction of sp³-hybridized carbons (Fsp3) is 0.520. The molecule has 2 aliphatic heterocycles. The summed E-state index contributed by atoms with van der Waals surface area (Å²) in [6, 6.07) is 14.0. The molecule has 2 fully saturated rings. The quantitative estimate of drug-likeness (QED) is 0.609. The highest BCUT2D eigenvalue weighted by Crippen LogP contribution is 2.19. The van der Waals surface area contributed by atoms with Crippen molar-refractivity contribution in [3.63, 3.8) is 0 Å². The number of ether oxygens (including phenoxy) is 1. The van der Waals surface area contributed by atoms with Crippen LogP contribution in [0.5, 0.6) is 0 Å². The smallest absolute Gasteiger partial charge is 0.242 e. The molecule has 0 spiro atoms. The summed E-state index contributed by atoms with van der Waals surface area (Å²) in [5.74, 6) is 0.765. The fourth-order valence-electron chi connectivity index (χ4n) is 4.35. The molecule has 182 valence electrons. The van der Waals surface area contributed by atoms with Crippen LogP contribution in [-0.2, 0) is 14.3 Å². The summed E-state index contributed by atoms with van der Waals surface area (Å²) in [6.45, 7) is 8.98. The Morgan fingerprint density at radius 1 is 0.941 bits per heavy atom. The zero-order valence-electron chi connectivity index (χ0n) is 19.9. The van der Waals surface area contributed by atoms with Gasteiger partial charge in [-0.1, -0.05) is 30.3 Å². The second-order valence-corrected chi connectivity index (χ2v) is 8.76. The van der Waals surface area contributed by atoms with Gasteiger partial charge < -0.3 is 19.4 Å². The van der Waals surface area contributed by atoms with Crippen LogP contribution < -0.4 is 4.90 Å². The van der Waals surface area contributed by atoms with Gasteiger partial charge in [0.2, 0.25) is 11.8 Å². The van der Waals surface area contributed by atoms with E-state index in [4.69, 9.17) is 4.74 Å². The lowest BCUT2D eigenvalue weighted by Crippen LogP contribution is -2.47. The first-order valence-electron chi connectivity index (χ1n) is 12.1. The fourth-order valence-corrected chi connectivity index (χ4v) is 4.35. The largest absolute Gasteiger partial charge is 0.379 e. The van der Waals surface area contributed by atoms with Crippen LogP contribution in [0.1, 0.15) is 13.3 Å². The molecule has 34 heavy (non-hydrogen) atoms. The molecule has 4 rings (SSSR count). The lowest BCUT2D eigenvalue weighted by molar-refractivity contribution is -0.139. The highest BCUT2D eigenvalue weighted by atomic mass is 16.5. The Balaban J connectivity index is 1.29. The molecule has 0 bridgehead atoms. The average molecular weight is 467 g/mol. The van der Waals surface area contributed by atoms with E-state index >= 15 is 0 Å². The Bertz CT molecular complexity index is 933. The van der Waals surface area contributed by atoms with E-state index in [-0.39, 0.29) is 18.4 Å². The SMILES string of the molecule is CC(=O)N(CCN1CCOCC1)CC(=O)N1CCCN(c2ccc(-c3ccccc3)nn2)CC1. The predicted octanol–water partition coefficient (Wildman–Crippen LogP) is 1.36. The van der Waals surface area contributed by atoms with E-state index in [1.165, 1.54) is 6.92 Å². The van der Waals surface area contributed by atoms with Gasteiger partial charge >= 0.3 is 0 Å². The lowest BCUT2D eigenvalue weighted by Gasteiger charge is -2.30. The molecule has 1 aromatic carbocycles. The molecule has 1 aromatic heterocycles. The Morgan fingerprint density at radius 2 is 1.74 bits per heavy atom. The van der Waals surface area contributed by atoms with Crippen LogP contribution in [0.4, 0.5) is 5.82 Å². The number of morpholine rings is 1. The number of carbonyl (C=O) groups is 2. The maximum Gasteiger partial charge on any atom is 0.242 e. The molecule has 0 saturated carbocycles. The van der Waals surface area contributed by atoms with Gasteiger partial charge in [-0.05, 0) is 18.6 Å². The van der Waals surface area contributed by atoms with Crippen molar-refractivity contribution in [3.05, 3.63) is 42.5 Å². The molecule has 0 radical (unpaired) electrons. The number of hydrogen-bond acceptors (Lipinski definition) is 7. The van der Waals surface area contributed by atoms with Gasteiger partial charge in [-0.3, -0.25) is 14.5 Å². The van der Waals surface area contributed by atoms with E-state index in [0.29, 0.717) is 26.2 Å². The third-order valence-corrected chi connectivity index (χ3v) is 6.45. The molecule has 2 aromatic rings. The van der Waals surface area contributed by atoms with Gasteiger partial charge in [-0.15, -0.1) is 10.2 Å². The number of nitrogens with zero attached hydrogens (tertiary/aromatic N) is 6. The zero-order chi connectivity index (χ0) is 23.8. The Hall–Kier alpha value is -3.04. The minimum atomic E-state index is -0.0631. The van der Waals surface area contributed by atoms with Crippen molar-refractivity contribution in [2.24, 2.45) is 0 Å². The molecule has 3 heterocycles. The van der Waals surface area contributed by atoms with Crippen LogP contribution in [0.15, 0.2) is 42.5 Å². The molecule has 0 atom stereocenters. The van der Waals surface area contributed by atoms with Crippen LogP contribution in [-0.4, -0.2) is 109 Å². The standard InChI is InChI=1S/C25H34N6O3/c1-21(32)31(13-12-28-16-18-34-19-17-28)20-25(33)30-11-5-10-29(14-15-30)24-9-8-23(26-27-24)22-6-3-2-4-7-22/h2-4,6-9H,5,10-20H2,1H3. The number of benzene rings is 1. The van der Waals surface area contributed by atoms with Crippen LogP contribution in [0.2, 0.25) is 0 Å². The third kappa shape index (κ3) is 6.51. The van der Waals surface area contributed by atoms with Crippen LogP contribution in [0.3, 0.4) is 0 Å². The van der Waals surface area contributed by atoms with E-state index in [1.807, 2.05) is 47.4 Å². The number of carbonyl (C=O) groups excluding carboxylic acids is 2. The Morgan fingerprint density at radius 3 is 2.44 bits per heavy atom. The second kappa shape index (κ2) is 11.9. The highest BCUT2D eigenvalue weighted by Gasteiger charge is 2.23. The van der Waals surface area contributed by atoms with E-state index in [2.05, 4.69) is 20.0 Å². The molecule has 9 heteroatoms. The summed E-state index contributed by atoms with van der Waals surface area (Å²) in [7, 11) is 0. The van der Waals surface area contributed by atoms with Crippen molar-refractivity contribution in [3.8, 4) is 11.3 Å². The third-order valence-electron chi connectivity index (χ3n) is 6.45. The summed E-state index contributed by atoms with van der Waals surface area (Å²) >= 11 is 0. The minimum absolute atomic E-state index is 0.00420. The summed E-state index contributed by atoms with van der Waals surface area (Å²) in [5, 5.41) is 8.84. The van der Waals surface area contributed by atoms with E-state index in [9.17, 15) is 9.59 Å². The van der Waals surface area contributed by atoms with Crippen LogP contribution in [0, 0.1) is 0 Å². The van der Waals surface area contributed by atoms with Crippen molar-refractivity contribution in [1.29, 1.82) is 0 Å². The van der Waals surface area contributed by atoms with Gasteiger partial charge in [-0.25, -0.2) is 0 Å². The first-order chi connectivity index (χ1) is 16.6. The number of rotatable bonds is 7. The monoisotopic (exact) mass is 466 g/mol. The van der Waals surface area contributed by atoms with Crippen molar-refractivity contribution < 1.29 is 14.3 Å². The van der Waals surface area contributed by atoms with Crippen molar-refractivity contribution >= 4 is 17.6 Å². The first kappa shape index (κ1) is 24.1. The summed E-state index contributed by atoms with van der Waals surface area (Å²) in [4.78, 5) is 33.2. The number of anilines is 1. The van der Waals surface area contributed by atoms with E-state index in [0.717, 1.165) is 62.9 Å². The van der Waals surface area contributed by atoms with Gasteiger partial charge in [0.25, 0.3) is 0 Å². The molecule has 2 saturated heterocycles. The minimum Gasteiger partial charge on any atom is -0.379 e. The van der Waals surface area contributed by atoms with Crippen LogP contribution >= 0.6 is 0 Å². The number of amides is 2. The van der Waals surface area contributed by atoms with E-state index < -0.39 is 0 Å². The number of aromatic nitrogens is 2. The van der Waals surface area contributed by atoms with Gasteiger partial charge in [0.15, 0.2) is 5.82 Å². The second-order valence-electron chi connectivity index (χ2n) is 8.76.